The lowest BCUT2D eigenvalue weighted by atomic mass is 10.2. The van der Waals surface area contributed by atoms with E-state index in [0.29, 0.717) is 5.75 Å². The molecule has 0 amide bonds. The molecule has 0 spiro atoms. The van der Waals surface area contributed by atoms with Gasteiger partial charge in [-0.05, 0) is 61.7 Å². The molecule has 0 bridgehead atoms. The van der Waals surface area contributed by atoms with Crippen molar-refractivity contribution in [1.82, 2.24) is 0 Å². The van der Waals surface area contributed by atoms with E-state index in [0.717, 1.165) is 20.3 Å². The first-order chi connectivity index (χ1) is 8.20. The van der Waals surface area contributed by atoms with Crippen molar-refractivity contribution in [2.24, 2.45) is 0 Å². The molecule has 0 fully saturated rings. The van der Waals surface area contributed by atoms with Gasteiger partial charge in [0.1, 0.15) is 11.5 Å². The number of aliphatic hydroxyl groups excluding tert-OH is 1. The molecule has 4 heteroatoms. The Morgan fingerprint density at radius 1 is 0.941 bits per heavy atom. The van der Waals surface area contributed by atoms with E-state index in [-0.39, 0.29) is 6.61 Å². The highest BCUT2D eigenvalue weighted by molar-refractivity contribution is 9.11. The van der Waals surface area contributed by atoms with E-state index >= 15 is 0 Å². The van der Waals surface area contributed by atoms with E-state index in [4.69, 9.17) is 9.84 Å². The van der Waals surface area contributed by atoms with Gasteiger partial charge in [0.15, 0.2) is 0 Å². The van der Waals surface area contributed by atoms with Crippen molar-refractivity contribution in [3.63, 3.8) is 0 Å². The van der Waals surface area contributed by atoms with E-state index in [9.17, 15) is 0 Å². The van der Waals surface area contributed by atoms with E-state index in [1.54, 1.807) is 0 Å². The summed E-state index contributed by atoms with van der Waals surface area (Å²) in [6.07, 6.45) is 0. The minimum Gasteiger partial charge on any atom is -0.455 e. The number of hydrogen-bond acceptors (Lipinski definition) is 2. The molecular formula is C13H10Br2O2. The molecule has 0 saturated heterocycles. The molecule has 0 aliphatic heterocycles. The predicted octanol–water partition coefficient (Wildman–Crippen LogP) is 4.50. The molecule has 0 aliphatic carbocycles. The first kappa shape index (κ1) is 12.6. The maximum absolute atomic E-state index is 9.02. The van der Waals surface area contributed by atoms with Crippen molar-refractivity contribution in [2.45, 2.75) is 6.61 Å². The van der Waals surface area contributed by atoms with Crippen molar-refractivity contribution in [3.8, 4) is 11.5 Å². The van der Waals surface area contributed by atoms with Gasteiger partial charge < -0.3 is 9.84 Å². The molecule has 17 heavy (non-hydrogen) atoms. The second kappa shape index (κ2) is 5.67. The van der Waals surface area contributed by atoms with Crippen LogP contribution in [0.3, 0.4) is 0 Å². The molecule has 88 valence electrons. The van der Waals surface area contributed by atoms with Gasteiger partial charge in [-0.15, -0.1) is 0 Å². The fourth-order valence-electron chi connectivity index (χ4n) is 1.37. The maximum atomic E-state index is 9.02. The summed E-state index contributed by atoms with van der Waals surface area (Å²) in [4.78, 5) is 0. The van der Waals surface area contributed by atoms with Crippen LogP contribution in [0.4, 0.5) is 0 Å². The van der Waals surface area contributed by atoms with Crippen LogP contribution in [0.5, 0.6) is 11.5 Å². The number of ether oxygens (including phenoxy) is 1. The van der Waals surface area contributed by atoms with Gasteiger partial charge in [0.25, 0.3) is 0 Å². The highest BCUT2D eigenvalue weighted by Gasteiger charge is 2.06. The zero-order valence-electron chi connectivity index (χ0n) is 8.86. The third-order valence-corrected chi connectivity index (χ3v) is 3.51. The van der Waals surface area contributed by atoms with Crippen LogP contribution in [0.2, 0.25) is 0 Å². The van der Waals surface area contributed by atoms with Crippen molar-refractivity contribution in [1.29, 1.82) is 0 Å². The zero-order valence-corrected chi connectivity index (χ0v) is 12.0. The molecule has 0 aliphatic rings. The Balaban J connectivity index is 2.28. The number of hydrogen-bond donors (Lipinski definition) is 1. The number of halogens is 2. The van der Waals surface area contributed by atoms with Crippen molar-refractivity contribution in [3.05, 3.63) is 57.0 Å². The SMILES string of the molecule is OCc1ccc(Oc2ccccc2Br)c(Br)c1. The third-order valence-electron chi connectivity index (χ3n) is 2.24. The van der Waals surface area contributed by atoms with Gasteiger partial charge >= 0.3 is 0 Å². The Morgan fingerprint density at radius 2 is 1.65 bits per heavy atom. The molecule has 2 nitrogen and oxygen atoms in total. The maximum Gasteiger partial charge on any atom is 0.141 e. The number of para-hydroxylation sites is 1. The van der Waals surface area contributed by atoms with Crippen LogP contribution in [0.15, 0.2) is 51.4 Å². The van der Waals surface area contributed by atoms with Gasteiger partial charge in [0.05, 0.1) is 15.6 Å². The smallest absolute Gasteiger partial charge is 0.141 e. The minimum atomic E-state index is 0.0217. The first-order valence-electron chi connectivity index (χ1n) is 5.02. The summed E-state index contributed by atoms with van der Waals surface area (Å²) < 4.78 is 7.48. The lowest BCUT2D eigenvalue weighted by Crippen LogP contribution is -1.89. The van der Waals surface area contributed by atoms with Gasteiger partial charge in [-0.1, -0.05) is 18.2 Å². The molecule has 0 radical (unpaired) electrons. The third kappa shape index (κ3) is 3.09. The van der Waals surface area contributed by atoms with Crippen LogP contribution in [-0.4, -0.2) is 5.11 Å². The lowest BCUT2D eigenvalue weighted by molar-refractivity contribution is 0.281. The Bertz CT molecular complexity index is 527. The zero-order chi connectivity index (χ0) is 12.3. The summed E-state index contributed by atoms with van der Waals surface area (Å²) in [5, 5.41) is 9.02. The van der Waals surface area contributed by atoms with E-state index in [1.807, 2.05) is 42.5 Å². The van der Waals surface area contributed by atoms with Crippen LogP contribution in [0.1, 0.15) is 5.56 Å². The van der Waals surface area contributed by atoms with Crippen molar-refractivity contribution in [2.75, 3.05) is 0 Å². The van der Waals surface area contributed by atoms with Gasteiger partial charge in [-0.3, -0.25) is 0 Å². The molecule has 0 atom stereocenters. The Labute approximate surface area is 116 Å². The second-order valence-corrected chi connectivity index (χ2v) is 5.16. The Kier molecular flexibility index (Phi) is 4.20. The van der Waals surface area contributed by atoms with Gasteiger partial charge in [0.2, 0.25) is 0 Å². The normalized spacial score (nSPS) is 10.3. The van der Waals surface area contributed by atoms with Gasteiger partial charge in [0, 0.05) is 0 Å². The summed E-state index contributed by atoms with van der Waals surface area (Å²) in [6, 6.07) is 13.1. The minimum absolute atomic E-state index is 0.0217. The summed E-state index contributed by atoms with van der Waals surface area (Å²) >= 11 is 6.84. The summed E-state index contributed by atoms with van der Waals surface area (Å²) in [5.41, 5.74) is 0.844. The van der Waals surface area contributed by atoms with Crippen LogP contribution in [0, 0.1) is 0 Å². The Morgan fingerprint density at radius 3 is 2.29 bits per heavy atom. The molecular weight excluding hydrogens is 348 g/mol. The summed E-state index contributed by atoms with van der Waals surface area (Å²) in [6.45, 7) is 0.0217. The van der Waals surface area contributed by atoms with E-state index in [2.05, 4.69) is 31.9 Å². The lowest BCUT2D eigenvalue weighted by Gasteiger charge is -2.10. The van der Waals surface area contributed by atoms with Crippen LogP contribution < -0.4 is 4.74 Å². The van der Waals surface area contributed by atoms with Crippen LogP contribution in [0.25, 0.3) is 0 Å². The molecule has 2 aromatic carbocycles. The highest BCUT2D eigenvalue weighted by Crippen LogP contribution is 2.34. The average molecular weight is 358 g/mol. The summed E-state index contributed by atoms with van der Waals surface area (Å²) in [7, 11) is 0. The summed E-state index contributed by atoms with van der Waals surface area (Å²) in [5.74, 6) is 1.47. The number of aliphatic hydroxyl groups is 1. The number of benzene rings is 2. The molecule has 2 rings (SSSR count). The number of rotatable bonds is 3. The van der Waals surface area contributed by atoms with Gasteiger partial charge in [-0.2, -0.15) is 0 Å². The van der Waals surface area contributed by atoms with Crippen LogP contribution in [-0.2, 0) is 6.61 Å². The topological polar surface area (TPSA) is 29.5 Å². The molecule has 0 unspecified atom stereocenters. The van der Waals surface area contributed by atoms with Gasteiger partial charge in [-0.25, -0.2) is 0 Å². The fourth-order valence-corrected chi connectivity index (χ4v) is 2.24. The monoisotopic (exact) mass is 356 g/mol. The molecule has 0 saturated carbocycles. The molecule has 1 N–H and O–H groups in total. The molecule has 0 heterocycles. The Hall–Kier alpha value is -0.840. The van der Waals surface area contributed by atoms with E-state index < -0.39 is 0 Å². The largest absolute Gasteiger partial charge is 0.455 e. The second-order valence-electron chi connectivity index (χ2n) is 3.46. The van der Waals surface area contributed by atoms with Crippen molar-refractivity contribution >= 4 is 31.9 Å². The van der Waals surface area contributed by atoms with E-state index in [1.165, 1.54) is 0 Å². The average Bonchev–Trinajstić information content (AvgIpc) is 2.34. The highest BCUT2D eigenvalue weighted by atomic mass is 79.9. The predicted molar refractivity (Wildman–Crippen MR) is 74.3 cm³/mol. The van der Waals surface area contributed by atoms with Crippen LogP contribution >= 0.6 is 31.9 Å². The van der Waals surface area contributed by atoms with Crippen molar-refractivity contribution < 1.29 is 9.84 Å². The molecule has 2 aromatic rings. The standard InChI is InChI=1S/C13H10Br2O2/c14-10-3-1-2-4-12(10)17-13-6-5-9(8-16)7-11(13)15/h1-7,16H,8H2. The molecule has 0 aromatic heterocycles. The first-order valence-corrected chi connectivity index (χ1v) is 6.61. The fraction of sp³-hybridized carbons (Fsp3) is 0.0769. The quantitative estimate of drug-likeness (QED) is 0.876.